The van der Waals surface area contributed by atoms with Crippen LogP contribution in [-0.2, 0) is 9.59 Å². The van der Waals surface area contributed by atoms with Crippen LogP contribution in [0.25, 0.3) is 0 Å². The van der Waals surface area contributed by atoms with Crippen LogP contribution in [0.15, 0.2) is 23.8 Å². The van der Waals surface area contributed by atoms with Gasteiger partial charge in [0.2, 0.25) is 6.41 Å². The van der Waals surface area contributed by atoms with Gasteiger partial charge in [0, 0.05) is 12.1 Å². The van der Waals surface area contributed by atoms with Crippen molar-refractivity contribution >= 4 is 12.3 Å². The van der Waals surface area contributed by atoms with E-state index >= 15 is 0 Å². The Balaban J connectivity index is 1.68. The van der Waals surface area contributed by atoms with Gasteiger partial charge in [-0.25, -0.2) is 0 Å². The van der Waals surface area contributed by atoms with E-state index in [1.165, 1.54) is 24.2 Å². The molecule has 110 valence electrons. The van der Waals surface area contributed by atoms with Gasteiger partial charge in [-0.05, 0) is 57.3 Å². The number of rotatable bonds is 7. The Kier molecular flexibility index (Phi) is 5.16. The van der Waals surface area contributed by atoms with E-state index in [2.05, 4.69) is 12.2 Å². The van der Waals surface area contributed by atoms with E-state index in [9.17, 15) is 9.59 Å². The lowest BCUT2D eigenvalue weighted by molar-refractivity contribution is -0.135. The van der Waals surface area contributed by atoms with Gasteiger partial charge in [-0.15, -0.1) is 0 Å². The standard InChI is InChI=1S/C17H25NO2/c1-3-13(2)17(20)18(12-19)9-5-4-6-15-10-14-7-8-16(15)11-14/h3,7-8,12,14-16H,4-6,9-11H2,1-2H3/b13-3+. The highest BCUT2D eigenvalue weighted by molar-refractivity contribution is 5.98. The van der Waals surface area contributed by atoms with Gasteiger partial charge >= 0.3 is 0 Å². The summed E-state index contributed by atoms with van der Waals surface area (Å²) >= 11 is 0. The molecular weight excluding hydrogens is 250 g/mol. The smallest absolute Gasteiger partial charge is 0.255 e. The first-order chi connectivity index (χ1) is 9.65. The number of unbranched alkanes of at least 4 members (excludes halogenated alkanes) is 1. The molecule has 2 bridgehead atoms. The van der Waals surface area contributed by atoms with Crippen LogP contribution in [0, 0.1) is 17.8 Å². The van der Waals surface area contributed by atoms with Crippen LogP contribution < -0.4 is 0 Å². The van der Waals surface area contributed by atoms with Crippen LogP contribution in [0.4, 0.5) is 0 Å². The lowest BCUT2D eigenvalue weighted by atomic mass is 9.89. The molecule has 3 atom stereocenters. The molecule has 3 heteroatoms. The average molecular weight is 275 g/mol. The van der Waals surface area contributed by atoms with Crippen molar-refractivity contribution in [2.45, 2.75) is 46.0 Å². The predicted molar refractivity (Wildman–Crippen MR) is 79.9 cm³/mol. The summed E-state index contributed by atoms with van der Waals surface area (Å²) in [5, 5.41) is 0. The van der Waals surface area contributed by atoms with Crippen molar-refractivity contribution in [3.8, 4) is 0 Å². The average Bonchev–Trinajstić information content (AvgIpc) is 3.08. The fourth-order valence-corrected chi connectivity index (χ4v) is 3.47. The quantitative estimate of drug-likeness (QED) is 0.309. The Bertz CT molecular complexity index is 425. The van der Waals surface area contributed by atoms with Gasteiger partial charge in [0.15, 0.2) is 0 Å². The van der Waals surface area contributed by atoms with Crippen molar-refractivity contribution in [1.82, 2.24) is 4.90 Å². The maximum atomic E-state index is 11.9. The summed E-state index contributed by atoms with van der Waals surface area (Å²) in [6.07, 6.45) is 13.1. The Morgan fingerprint density at radius 3 is 2.65 bits per heavy atom. The highest BCUT2D eigenvalue weighted by Gasteiger charge is 2.34. The van der Waals surface area contributed by atoms with Crippen LogP contribution in [0.1, 0.15) is 46.0 Å². The summed E-state index contributed by atoms with van der Waals surface area (Å²) in [4.78, 5) is 24.2. The fourth-order valence-electron chi connectivity index (χ4n) is 3.47. The molecule has 2 amide bonds. The Labute approximate surface area is 121 Å². The van der Waals surface area contributed by atoms with E-state index < -0.39 is 0 Å². The normalized spacial score (nSPS) is 27.9. The molecule has 0 aromatic rings. The van der Waals surface area contributed by atoms with E-state index in [4.69, 9.17) is 0 Å². The van der Waals surface area contributed by atoms with Crippen molar-refractivity contribution in [2.75, 3.05) is 6.54 Å². The predicted octanol–water partition coefficient (Wildman–Crippen LogP) is 3.32. The fraction of sp³-hybridized carbons (Fsp3) is 0.647. The molecule has 0 aromatic carbocycles. The third kappa shape index (κ3) is 3.38. The number of carbonyl (C=O) groups is 2. The number of imide groups is 1. The van der Waals surface area contributed by atoms with Gasteiger partial charge in [-0.1, -0.05) is 24.6 Å². The van der Waals surface area contributed by atoms with E-state index in [0.29, 0.717) is 18.5 Å². The molecule has 0 heterocycles. The number of nitrogens with zero attached hydrogens (tertiary/aromatic N) is 1. The number of allylic oxidation sites excluding steroid dienone is 3. The lowest BCUT2D eigenvalue weighted by Crippen LogP contribution is -2.31. The number of hydrogen-bond donors (Lipinski definition) is 0. The summed E-state index contributed by atoms with van der Waals surface area (Å²) in [5.74, 6) is 2.30. The molecule has 0 aliphatic heterocycles. The molecule has 1 saturated carbocycles. The van der Waals surface area contributed by atoms with Crippen molar-refractivity contribution in [1.29, 1.82) is 0 Å². The molecule has 2 aliphatic carbocycles. The van der Waals surface area contributed by atoms with E-state index in [1.807, 2.05) is 6.92 Å². The zero-order valence-corrected chi connectivity index (χ0v) is 12.5. The minimum atomic E-state index is -0.162. The van der Waals surface area contributed by atoms with Crippen LogP contribution in [0.5, 0.6) is 0 Å². The van der Waals surface area contributed by atoms with Crippen LogP contribution in [-0.4, -0.2) is 23.8 Å². The second-order valence-corrected chi connectivity index (χ2v) is 6.11. The topological polar surface area (TPSA) is 37.4 Å². The Morgan fingerprint density at radius 1 is 1.30 bits per heavy atom. The highest BCUT2D eigenvalue weighted by atomic mass is 16.2. The minimum absolute atomic E-state index is 0.162. The summed E-state index contributed by atoms with van der Waals surface area (Å²) < 4.78 is 0. The summed E-state index contributed by atoms with van der Waals surface area (Å²) in [5.41, 5.74) is 0.635. The van der Waals surface area contributed by atoms with Gasteiger partial charge in [0.05, 0.1) is 0 Å². The molecule has 2 aliphatic rings. The zero-order chi connectivity index (χ0) is 14.5. The zero-order valence-electron chi connectivity index (χ0n) is 12.5. The lowest BCUT2D eigenvalue weighted by Gasteiger charge is -2.19. The molecule has 1 fully saturated rings. The third-order valence-corrected chi connectivity index (χ3v) is 4.80. The summed E-state index contributed by atoms with van der Waals surface area (Å²) in [7, 11) is 0. The van der Waals surface area contributed by atoms with Crippen molar-refractivity contribution in [3.05, 3.63) is 23.8 Å². The second-order valence-electron chi connectivity index (χ2n) is 6.11. The van der Waals surface area contributed by atoms with Gasteiger partial charge in [0.1, 0.15) is 0 Å². The van der Waals surface area contributed by atoms with E-state index in [1.54, 1.807) is 13.0 Å². The van der Waals surface area contributed by atoms with E-state index in [-0.39, 0.29) is 5.91 Å². The molecule has 0 saturated heterocycles. The van der Waals surface area contributed by atoms with Gasteiger partial charge < -0.3 is 0 Å². The number of carbonyl (C=O) groups excluding carboxylic acids is 2. The largest absolute Gasteiger partial charge is 0.281 e. The molecule has 0 N–H and O–H groups in total. The highest BCUT2D eigenvalue weighted by Crippen LogP contribution is 2.45. The summed E-state index contributed by atoms with van der Waals surface area (Å²) in [6.45, 7) is 4.11. The van der Waals surface area contributed by atoms with E-state index in [0.717, 1.165) is 30.6 Å². The molecule has 0 spiro atoms. The molecule has 20 heavy (non-hydrogen) atoms. The van der Waals surface area contributed by atoms with Gasteiger partial charge in [-0.2, -0.15) is 0 Å². The molecule has 0 aromatic heterocycles. The van der Waals surface area contributed by atoms with Crippen molar-refractivity contribution in [3.63, 3.8) is 0 Å². The Morgan fingerprint density at radius 2 is 2.10 bits per heavy atom. The second kappa shape index (κ2) is 6.87. The maximum Gasteiger partial charge on any atom is 0.255 e. The van der Waals surface area contributed by atoms with Crippen LogP contribution in [0.3, 0.4) is 0 Å². The minimum Gasteiger partial charge on any atom is -0.281 e. The monoisotopic (exact) mass is 275 g/mol. The van der Waals surface area contributed by atoms with Crippen LogP contribution >= 0.6 is 0 Å². The first kappa shape index (κ1) is 15.0. The molecular formula is C17H25NO2. The first-order valence-electron chi connectivity index (χ1n) is 7.73. The van der Waals surface area contributed by atoms with Gasteiger partial charge in [0.25, 0.3) is 5.91 Å². The SMILES string of the molecule is C/C=C(\C)C(=O)N(C=O)CCCCC1CC2C=CC1C2. The number of amides is 2. The first-order valence-corrected chi connectivity index (χ1v) is 7.73. The number of hydrogen-bond acceptors (Lipinski definition) is 2. The van der Waals surface area contributed by atoms with Crippen LogP contribution in [0.2, 0.25) is 0 Å². The summed E-state index contributed by atoms with van der Waals surface area (Å²) in [6, 6.07) is 0. The molecule has 2 rings (SSSR count). The third-order valence-electron chi connectivity index (χ3n) is 4.80. The Hall–Kier alpha value is -1.38. The molecule has 0 radical (unpaired) electrons. The number of fused-ring (bicyclic) bond motifs is 2. The van der Waals surface area contributed by atoms with Gasteiger partial charge in [-0.3, -0.25) is 14.5 Å². The van der Waals surface area contributed by atoms with Crippen molar-refractivity contribution < 1.29 is 9.59 Å². The molecule has 3 nitrogen and oxygen atoms in total. The molecule has 3 unspecified atom stereocenters. The maximum absolute atomic E-state index is 11.9. The van der Waals surface area contributed by atoms with Crippen molar-refractivity contribution in [2.24, 2.45) is 17.8 Å².